The Balaban J connectivity index is 1.60. The van der Waals surface area contributed by atoms with Crippen molar-refractivity contribution in [2.45, 2.75) is 11.1 Å². The average Bonchev–Trinajstić information content (AvgIpc) is 3.17. The molecule has 10 heteroatoms. The summed E-state index contributed by atoms with van der Waals surface area (Å²) in [5, 5.41) is 2.49. The van der Waals surface area contributed by atoms with Crippen LogP contribution in [0.25, 0.3) is 22.4 Å². The summed E-state index contributed by atoms with van der Waals surface area (Å²) in [4.78, 5) is 19.6. The van der Waals surface area contributed by atoms with Gasteiger partial charge in [0, 0.05) is 23.1 Å². The van der Waals surface area contributed by atoms with Gasteiger partial charge in [0.2, 0.25) is 0 Å². The fourth-order valence-corrected chi connectivity index (χ4v) is 3.79. The zero-order valence-corrected chi connectivity index (χ0v) is 17.4. The van der Waals surface area contributed by atoms with Crippen molar-refractivity contribution in [1.82, 2.24) is 9.97 Å². The molecule has 0 atom stereocenters. The summed E-state index contributed by atoms with van der Waals surface area (Å²) in [6.07, 6.45) is -4.02. The number of amides is 1. The van der Waals surface area contributed by atoms with Crippen LogP contribution in [0.3, 0.4) is 0 Å². The fraction of sp³-hybridized carbons (Fsp3) is 0.0909. The van der Waals surface area contributed by atoms with Gasteiger partial charge in [-0.2, -0.15) is 13.2 Å². The van der Waals surface area contributed by atoms with Gasteiger partial charge in [-0.1, -0.05) is 12.1 Å². The number of hydrogen-bond acceptors (Lipinski definition) is 4. The number of imidazole rings is 1. The number of carbonyl (C=O) groups is 1. The van der Waals surface area contributed by atoms with E-state index in [9.17, 15) is 26.4 Å². The van der Waals surface area contributed by atoms with E-state index in [1.807, 2.05) is 24.3 Å². The SMILES string of the molecule is CS(=O)(=O)c1cc(C(=O)Nc2ccc(-c3nc4ccccc4[nH]3)cc2)cc(C(F)(F)F)c1. The molecule has 0 unspecified atom stereocenters. The Bertz CT molecular complexity index is 1390. The summed E-state index contributed by atoms with van der Waals surface area (Å²) in [5.41, 5.74) is 1.11. The number of H-pyrrole nitrogens is 1. The minimum Gasteiger partial charge on any atom is -0.338 e. The van der Waals surface area contributed by atoms with E-state index < -0.39 is 37.9 Å². The molecule has 0 aliphatic rings. The number of alkyl halides is 3. The maximum absolute atomic E-state index is 13.2. The van der Waals surface area contributed by atoms with E-state index in [2.05, 4.69) is 15.3 Å². The standard InChI is InChI=1S/C22H16F3N3O3S/c1-32(30,31)17-11-14(10-15(12-17)22(23,24)25)21(29)26-16-8-6-13(7-9-16)20-27-18-4-2-3-5-19(18)28-20/h2-12H,1H3,(H,26,29)(H,27,28). The topological polar surface area (TPSA) is 91.9 Å². The van der Waals surface area contributed by atoms with Crippen molar-refractivity contribution in [3.05, 3.63) is 77.9 Å². The Morgan fingerprint density at radius 3 is 2.31 bits per heavy atom. The molecule has 0 aliphatic heterocycles. The first kappa shape index (κ1) is 21.6. The molecule has 1 heterocycles. The maximum Gasteiger partial charge on any atom is 0.416 e. The second-order valence-corrected chi connectivity index (χ2v) is 9.17. The predicted octanol–water partition coefficient (Wildman–Crippen LogP) is 4.90. The number of nitrogens with one attached hydrogen (secondary N) is 2. The lowest BCUT2D eigenvalue weighted by atomic mass is 10.1. The molecule has 4 rings (SSSR count). The number of sulfone groups is 1. The number of rotatable bonds is 4. The first-order valence-corrected chi connectivity index (χ1v) is 11.2. The van der Waals surface area contributed by atoms with Gasteiger partial charge >= 0.3 is 6.18 Å². The summed E-state index contributed by atoms with van der Waals surface area (Å²) in [6, 6.07) is 16.1. The Labute approximate surface area is 181 Å². The molecule has 0 aliphatic carbocycles. The molecule has 0 spiro atoms. The molecule has 32 heavy (non-hydrogen) atoms. The van der Waals surface area contributed by atoms with Gasteiger partial charge in [0.25, 0.3) is 5.91 Å². The first-order valence-electron chi connectivity index (χ1n) is 9.29. The second-order valence-electron chi connectivity index (χ2n) is 7.15. The lowest BCUT2D eigenvalue weighted by Gasteiger charge is -2.12. The quantitative estimate of drug-likeness (QED) is 0.454. The van der Waals surface area contributed by atoms with Crippen LogP contribution < -0.4 is 5.32 Å². The Kier molecular flexibility index (Phi) is 5.25. The molecule has 1 aromatic heterocycles. The van der Waals surface area contributed by atoms with Gasteiger partial charge in [-0.3, -0.25) is 4.79 Å². The lowest BCUT2D eigenvalue weighted by Crippen LogP contribution is -2.15. The van der Waals surface area contributed by atoms with E-state index in [1.54, 1.807) is 24.3 Å². The van der Waals surface area contributed by atoms with Crippen LogP contribution in [0.5, 0.6) is 0 Å². The van der Waals surface area contributed by atoms with Crippen molar-refractivity contribution in [3.63, 3.8) is 0 Å². The zero-order valence-electron chi connectivity index (χ0n) is 16.6. The molecule has 0 saturated carbocycles. The molecule has 0 bridgehead atoms. The third-order valence-corrected chi connectivity index (χ3v) is 5.82. The smallest absolute Gasteiger partial charge is 0.338 e. The Morgan fingerprint density at radius 2 is 1.69 bits per heavy atom. The van der Waals surface area contributed by atoms with Crippen LogP contribution in [0.1, 0.15) is 15.9 Å². The van der Waals surface area contributed by atoms with Gasteiger partial charge in [-0.15, -0.1) is 0 Å². The van der Waals surface area contributed by atoms with Crippen LogP contribution in [-0.4, -0.2) is 30.5 Å². The van der Waals surface area contributed by atoms with Crippen molar-refractivity contribution in [2.24, 2.45) is 0 Å². The molecule has 1 amide bonds. The maximum atomic E-state index is 13.2. The summed E-state index contributed by atoms with van der Waals surface area (Å²) < 4.78 is 63.1. The van der Waals surface area contributed by atoms with Crippen LogP contribution in [0.2, 0.25) is 0 Å². The Morgan fingerprint density at radius 1 is 1.00 bits per heavy atom. The zero-order chi connectivity index (χ0) is 23.1. The number of benzene rings is 3. The molecule has 0 fully saturated rings. The highest BCUT2D eigenvalue weighted by atomic mass is 32.2. The largest absolute Gasteiger partial charge is 0.416 e. The number of fused-ring (bicyclic) bond motifs is 1. The normalized spacial score (nSPS) is 12.1. The Hall–Kier alpha value is -3.66. The summed E-state index contributed by atoms with van der Waals surface area (Å²) in [6.45, 7) is 0. The van der Waals surface area contributed by atoms with Crippen molar-refractivity contribution in [2.75, 3.05) is 11.6 Å². The summed E-state index contributed by atoms with van der Waals surface area (Å²) in [5.74, 6) is -0.239. The van der Waals surface area contributed by atoms with Crippen LogP contribution in [0.4, 0.5) is 18.9 Å². The number of aromatic nitrogens is 2. The molecule has 6 nitrogen and oxygen atoms in total. The molecule has 4 aromatic rings. The van der Waals surface area contributed by atoms with Crippen molar-refractivity contribution >= 4 is 32.5 Å². The summed E-state index contributed by atoms with van der Waals surface area (Å²) in [7, 11) is -3.95. The highest BCUT2D eigenvalue weighted by Crippen LogP contribution is 2.32. The monoisotopic (exact) mass is 459 g/mol. The van der Waals surface area contributed by atoms with Crippen LogP contribution in [0, 0.1) is 0 Å². The molecule has 3 aromatic carbocycles. The van der Waals surface area contributed by atoms with Crippen molar-refractivity contribution < 1.29 is 26.4 Å². The number of anilines is 1. The highest BCUT2D eigenvalue weighted by Gasteiger charge is 2.32. The number of halogens is 3. The van der Waals surface area contributed by atoms with E-state index in [1.165, 1.54) is 0 Å². The lowest BCUT2D eigenvalue weighted by molar-refractivity contribution is -0.137. The highest BCUT2D eigenvalue weighted by molar-refractivity contribution is 7.90. The second kappa shape index (κ2) is 7.79. The molecule has 164 valence electrons. The third kappa shape index (κ3) is 4.50. The number of nitrogens with zero attached hydrogens (tertiary/aromatic N) is 1. The van der Waals surface area contributed by atoms with Crippen LogP contribution >= 0.6 is 0 Å². The van der Waals surface area contributed by atoms with Gasteiger partial charge in [-0.25, -0.2) is 13.4 Å². The molecular formula is C22H16F3N3O3S. The average molecular weight is 459 g/mol. The number of aromatic amines is 1. The number of carbonyl (C=O) groups excluding carboxylic acids is 1. The van der Waals surface area contributed by atoms with E-state index in [0.29, 0.717) is 23.6 Å². The number of para-hydroxylation sites is 2. The molecule has 0 radical (unpaired) electrons. The van der Waals surface area contributed by atoms with Crippen molar-refractivity contribution in [3.8, 4) is 11.4 Å². The fourth-order valence-electron chi connectivity index (χ4n) is 3.11. The van der Waals surface area contributed by atoms with E-state index in [4.69, 9.17) is 0 Å². The van der Waals surface area contributed by atoms with Gasteiger partial charge in [-0.05, 0) is 54.6 Å². The molecule has 0 saturated heterocycles. The minimum atomic E-state index is -4.80. The first-order chi connectivity index (χ1) is 15.0. The van der Waals surface area contributed by atoms with Crippen LogP contribution in [-0.2, 0) is 16.0 Å². The predicted molar refractivity (Wildman–Crippen MR) is 114 cm³/mol. The number of hydrogen-bond donors (Lipinski definition) is 2. The van der Waals surface area contributed by atoms with E-state index in [0.717, 1.165) is 28.9 Å². The van der Waals surface area contributed by atoms with Crippen molar-refractivity contribution in [1.29, 1.82) is 0 Å². The van der Waals surface area contributed by atoms with Gasteiger partial charge in [0.1, 0.15) is 5.82 Å². The molecular weight excluding hydrogens is 443 g/mol. The van der Waals surface area contributed by atoms with E-state index in [-0.39, 0.29) is 0 Å². The third-order valence-electron chi connectivity index (χ3n) is 4.73. The summed E-state index contributed by atoms with van der Waals surface area (Å²) >= 11 is 0. The van der Waals surface area contributed by atoms with Crippen LogP contribution in [0.15, 0.2) is 71.6 Å². The minimum absolute atomic E-state index is 0.327. The van der Waals surface area contributed by atoms with Gasteiger partial charge < -0.3 is 10.3 Å². The molecule has 2 N–H and O–H groups in total. The van der Waals surface area contributed by atoms with Gasteiger partial charge in [0.15, 0.2) is 9.84 Å². The van der Waals surface area contributed by atoms with Gasteiger partial charge in [0.05, 0.1) is 21.5 Å². The van der Waals surface area contributed by atoms with E-state index >= 15 is 0 Å².